The number of anilines is 1. The molecule has 0 amide bonds. The third kappa shape index (κ3) is 2.65. The van der Waals surface area contributed by atoms with E-state index in [0.29, 0.717) is 11.7 Å². The molecule has 0 bridgehead atoms. The molecular formula is C11H17N3OS. The summed E-state index contributed by atoms with van der Waals surface area (Å²) in [5, 5.41) is 9.73. The van der Waals surface area contributed by atoms with Crippen LogP contribution in [-0.4, -0.2) is 27.4 Å². The van der Waals surface area contributed by atoms with Gasteiger partial charge in [-0.3, -0.25) is 0 Å². The van der Waals surface area contributed by atoms with Gasteiger partial charge in [0.25, 0.3) is 0 Å². The van der Waals surface area contributed by atoms with Gasteiger partial charge in [-0.1, -0.05) is 0 Å². The van der Waals surface area contributed by atoms with Crippen LogP contribution in [0.15, 0.2) is 5.03 Å². The highest BCUT2D eigenvalue weighted by Crippen LogP contribution is 2.39. The molecule has 0 aliphatic heterocycles. The first kappa shape index (κ1) is 11.7. The molecule has 0 radical (unpaired) electrons. The number of hydrogen-bond donors (Lipinski definition) is 2. The summed E-state index contributed by atoms with van der Waals surface area (Å²) in [4.78, 5) is 8.88. The van der Waals surface area contributed by atoms with Crippen molar-refractivity contribution < 1.29 is 5.11 Å². The molecule has 1 aliphatic rings. The van der Waals surface area contributed by atoms with E-state index in [9.17, 15) is 0 Å². The van der Waals surface area contributed by atoms with Gasteiger partial charge in [0.05, 0.1) is 0 Å². The third-order valence-corrected chi connectivity index (χ3v) is 3.80. The number of rotatable bonds is 5. The first-order valence-corrected chi connectivity index (χ1v) is 6.58. The second-order valence-corrected chi connectivity index (χ2v) is 5.18. The van der Waals surface area contributed by atoms with E-state index in [-0.39, 0.29) is 6.61 Å². The largest absolute Gasteiger partial charge is 0.396 e. The predicted molar refractivity (Wildman–Crippen MR) is 65.6 cm³/mol. The third-order valence-electron chi connectivity index (χ3n) is 2.64. The lowest BCUT2D eigenvalue weighted by molar-refractivity contribution is 0.296. The van der Waals surface area contributed by atoms with Crippen LogP contribution in [0.1, 0.15) is 36.6 Å². The Morgan fingerprint density at radius 2 is 2.19 bits per heavy atom. The van der Waals surface area contributed by atoms with Gasteiger partial charge in [0, 0.05) is 23.8 Å². The molecule has 4 nitrogen and oxygen atoms in total. The fourth-order valence-corrected chi connectivity index (χ4v) is 2.37. The number of aliphatic hydroxyl groups excluding tert-OH is 1. The van der Waals surface area contributed by atoms with E-state index in [4.69, 9.17) is 10.8 Å². The molecular weight excluding hydrogens is 222 g/mol. The Morgan fingerprint density at radius 3 is 2.81 bits per heavy atom. The van der Waals surface area contributed by atoms with Crippen LogP contribution in [0, 0.1) is 6.92 Å². The summed E-state index contributed by atoms with van der Waals surface area (Å²) in [6, 6.07) is 0. The van der Waals surface area contributed by atoms with Crippen LogP contribution < -0.4 is 5.73 Å². The first-order valence-electron chi connectivity index (χ1n) is 5.60. The maximum Gasteiger partial charge on any atom is 0.135 e. The molecule has 2 rings (SSSR count). The van der Waals surface area contributed by atoms with E-state index in [0.717, 1.165) is 28.6 Å². The Labute approximate surface area is 99.7 Å². The molecule has 1 aromatic rings. The second kappa shape index (κ2) is 5.01. The lowest BCUT2D eigenvalue weighted by Crippen LogP contribution is -2.04. The smallest absolute Gasteiger partial charge is 0.135 e. The van der Waals surface area contributed by atoms with Crippen LogP contribution >= 0.6 is 11.8 Å². The number of aliphatic hydroxyl groups is 1. The molecule has 0 saturated heterocycles. The van der Waals surface area contributed by atoms with E-state index in [2.05, 4.69) is 9.97 Å². The molecule has 0 spiro atoms. The summed E-state index contributed by atoms with van der Waals surface area (Å²) in [6.45, 7) is 2.18. The maximum atomic E-state index is 8.75. The second-order valence-electron chi connectivity index (χ2n) is 4.10. The number of nitrogen functional groups attached to an aromatic ring is 1. The fourth-order valence-electron chi connectivity index (χ4n) is 1.43. The summed E-state index contributed by atoms with van der Waals surface area (Å²) in [5.41, 5.74) is 6.84. The van der Waals surface area contributed by atoms with Crippen molar-refractivity contribution in [1.82, 2.24) is 9.97 Å². The van der Waals surface area contributed by atoms with Crippen LogP contribution in [0.4, 0.5) is 5.82 Å². The van der Waals surface area contributed by atoms with Gasteiger partial charge in [0.15, 0.2) is 0 Å². The number of thioether (sulfide) groups is 1. The minimum atomic E-state index is 0.224. The monoisotopic (exact) mass is 239 g/mol. The van der Waals surface area contributed by atoms with Crippen molar-refractivity contribution in [3.8, 4) is 0 Å². The summed E-state index contributed by atoms with van der Waals surface area (Å²) < 4.78 is 0. The molecule has 3 N–H and O–H groups in total. The van der Waals surface area contributed by atoms with E-state index in [1.165, 1.54) is 12.8 Å². The zero-order valence-electron chi connectivity index (χ0n) is 9.44. The van der Waals surface area contributed by atoms with Gasteiger partial charge >= 0.3 is 0 Å². The Bertz CT molecular complexity index is 380. The van der Waals surface area contributed by atoms with Crippen molar-refractivity contribution in [1.29, 1.82) is 0 Å². The van der Waals surface area contributed by atoms with Gasteiger partial charge < -0.3 is 10.8 Å². The average molecular weight is 239 g/mol. The first-order chi connectivity index (χ1) is 7.72. The summed E-state index contributed by atoms with van der Waals surface area (Å²) >= 11 is 1.65. The Balaban J connectivity index is 2.14. The van der Waals surface area contributed by atoms with Crippen molar-refractivity contribution in [2.45, 2.75) is 37.1 Å². The fraction of sp³-hybridized carbons (Fsp3) is 0.636. The van der Waals surface area contributed by atoms with Gasteiger partial charge in [0.2, 0.25) is 0 Å². The van der Waals surface area contributed by atoms with E-state index >= 15 is 0 Å². The van der Waals surface area contributed by atoms with Gasteiger partial charge in [0.1, 0.15) is 16.7 Å². The lowest BCUT2D eigenvalue weighted by Gasteiger charge is -2.08. The number of nitrogens with zero attached hydrogens (tertiary/aromatic N) is 2. The quantitative estimate of drug-likeness (QED) is 0.465. The van der Waals surface area contributed by atoms with E-state index in [1.54, 1.807) is 11.8 Å². The van der Waals surface area contributed by atoms with Crippen molar-refractivity contribution in [2.75, 3.05) is 18.1 Å². The molecule has 1 aromatic heterocycles. The highest BCUT2D eigenvalue weighted by Gasteiger charge is 2.27. The van der Waals surface area contributed by atoms with Gasteiger partial charge in [-0.15, -0.1) is 11.8 Å². The minimum absolute atomic E-state index is 0.224. The van der Waals surface area contributed by atoms with Crippen LogP contribution in [0.5, 0.6) is 0 Å². The topological polar surface area (TPSA) is 72.0 Å². The van der Waals surface area contributed by atoms with Crippen molar-refractivity contribution >= 4 is 17.6 Å². The molecule has 1 aliphatic carbocycles. The van der Waals surface area contributed by atoms with Crippen LogP contribution in [0.2, 0.25) is 0 Å². The molecule has 5 heteroatoms. The number of nitrogens with two attached hydrogens (primary N) is 1. The van der Waals surface area contributed by atoms with Gasteiger partial charge in [-0.25, -0.2) is 9.97 Å². The summed E-state index contributed by atoms with van der Waals surface area (Å²) in [6.07, 6.45) is 3.15. The number of aromatic nitrogens is 2. The highest BCUT2D eigenvalue weighted by molar-refractivity contribution is 7.99. The SMILES string of the molecule is Cc1c(N)nc(C2CC2)nc1SCCCO. The van der Waals surface area contributed by atoms with Crippen molar-refractivity contribution in [3.63, 3.8) is 0 Å². The predicted octanol–water partition coefficient (Wildman–Crippen LogP) is 1.72. The molecule has 88 valence electrons. The van der Waals surface area contributed by atoms with Crippen molar-refractivity contribution in [2.24, 2.45) is 0 Å². The molecule has 0 aromatic carbocycles. The standard InChI is InChI=1S/C11H17N3OS/c1-7-9(12)13-10(8-3-4-8)14-11(7)16-6-2-5-15/h8,15H,2-6H2,1H3,(H2,12,13,14). The van der Waals surface area contributed by atoms with Crippen molar-refractivity contribution in [3.05, 3.63) is 11.4 Å². The maximum absolute atomic E-state index is 8.75. The van der Waals surface area contributed by atoms with E-state index < -0.39 is 0 Å². The zero-order valence-corrected chi connectivity index (χ0v) is 10.3. The van der Waals surface area contributed by atoms with E-state index in [1.807, 2.05) is 6.92 Å². The zero-order chi connectivity index (χ0) is 11.5. The normalized spacial score (nSPS) is 15.4. The average Bonchev–Trinajstić information content (AvgIpc) is 3.08. The number of hydrogen-bond acceptors (Lipinski definition) is 5. The molecule has 0 atom stereocenters. The van der Waals surface area contributed by atoms with Gasteiger partial charge in [-0.05, 0) is 26.2 Å². The molecule has 0 unspecified atom stereocenters. The minimum Gasteiger partial charge on any atom is -0.396 e. The van der Waals surface area contributed by atoms with Crippen LogP contribution in [-0.2, 0) is 0 Å². The lowest BCUT2D eigenvalue weighted by atomic mass is 10.3. The van der Waals surface area contributed by atoms with Crippen LogP contribution in [0.25, 0.3) is 0 Å². The van der Waals surface area contributed by atoms with Gasteiger partial charge in [-0.2, -0.15) is 0 Å². The molecule has 1 heterocycles. The van der Waals surface area contributed by atoms with Crippen LogP contribution in [0.3, 0.4) is 0 Å². The summed E-state index contributed by atoms with van der Waals surface area (Å²) in [5.74, 6) is 2.90. The molecule has 16 heavy (non-hydrogen) atoms. The molecule has 1 fully saturated rings. The Hall–Kier alpha value is -0.810. The highest BCUT2D eigenvalue weighted by atomic mass is 32.2. The summed E-state index contributed by atoms with van der Waals surface area (Å²) in [7, 11) is 0. The Morgan fingerprint density at radius 1 is 1.44 bits per heavy atom. The molecule has 1 saturated carbocycles. The Kier molecular flexibility index (Phi) is 3.66.